The summed E-state index contributed by atoms with van der Waals surface area (Å²) >= 11 is 0. The first-order chi connectivity index (χ1) is 11.6. The molecule has 144 valence electrons. The lowest BCUT2D eigenvalue weighted by atomic mass is 10.2. The molecular formula is C17H32IN5O2. The Hall–Kier alpha value is -1.06. The molecule has 25 heavy (non-hydrogen) atoms. The van der Waals surface area contributed by atoms with E-state index < -0.39 is 0 Å². The minimum absolute atomic E-state index is 0. The molecule has 2 rings (SSSR count). The van der Waals surface area contributed by atoms with Crippen molar-refractivity contribution in [2.45, 2.75) is 64.5 Å². The van der Waals surface area contributed by atoms with Gasteiger partial charge in [-0.1, -0.05) is 6.92 Å². The van der Waals surface area contributed by atoms with Crippen molar-refractivity contribution in [3.05, 3.63) is 0 Å². The number of likely N-dealkylation sites (tertiary alicyclic amines) is 1. The topological polar surface area (TPSA) is 85.8 Å². The Labute approximate surface area is 167 Å². The molecular weight excluding hydrogens is 433 g/mol. The molecule has 1 aliphatic carbocycles. The van der Waals surface area contributed by atoms with E-state index in [4.69, 9.17) is 0 Å². The van der Waals surface area contributed by atoms with Gasteiger partial charge in [0.15, 0.2) is 5.96 Å². The van der Waals surface area contributed by atoms with Crippen LogP contribution in [0.4, 0.5) is 0 Å². The molecule has 1 aliphatic heterocycles. The number of nitrogens with zero attached hydrogens (tertiary/aromatic N) is 2. The summed E-state index contributed by atoms with van der Waals surface area (Å²) in [5.41, 5.74) is 0. The van der Waals surface area contributed by atoms with Gasteiger partial charge in [-0.2, -0.15) is 0 Å². The minimum atomic E-state index is 0. The zero-order valence-corrected chi connectivity index (χ0v) is 17.7. The number of hydrogen-bond donors (Lipinski definition) is 3. The van der Waals surface area contributed by atoms with Crippen LogP contribution in [0.1, 0.15) is 52.4 Å². The molecule has 0 aromatic rings. The zero-order chi connectivity index (χ0) is 17.4. The Morgan fingerprint density at radius 2 is 1.88 bits per heavy atom. The van der Waals surface area contributed by atoms with Crippen LogP contribution < -0.4 is 16.0 Å². The molecule has 2 amide bonds. The largest absolute Gasteiger partial charge is 0.357 e. The van der Waals surface area contributed by atoms with Gasteiger partial charge >= 0.3 is 0 Å². The van der Waals surface area contributed by atoms with E-state index in [0.717, 1.165) is 51.3 Å². The van der Waals surface area contributed by atoms with Crippen molar-refractivity contribution >= 4 is 41.8 Å². The van der Waals surface area contributed by atoms with Crippen LogP contribution in [0.15, 0.2) is 4.99 Å². The molecule has 0 spiro atoms. The fourth-order valence-electron chi connectivity index (χ4n) is 2.80. The number of aliphatic imine (C=N–C) groups is 1. The zero-order valence-electron chi connectivity index (χ0n) is 15.3. The molecule has 7 nitrogen and oxygen atoms in total. The van der Waals surface area contributed by atoms with E-state index in [0.29, 0.717) is 25.4 Å². The van der Waals surface area contributed by atoms with Crippen molar-refractivity contribution < 1.29 is 9.59 Å². The maximum atomic E-state index is 11.7. The van der Waals surface area contributed by atoms with Gasteiger partial charge in [0.1, 0.15) is 0 Å². The van der Waals surface area contributed by atoms with Crippen LogP contribution >= 0.6 is 24.0 Å². The predicted octanol–water partition coefficient (Wildman–Crippen LogP) is 1.23. The molecule has 0 bridgehead atoms. The number of hydrogen-bond acceptors (Lipinski definition) is 3. The van der Waals surface area contributed by atoms with E-state index in [1.807, 2.05) is 18.7 Å². The Bertz CT molecular complexity index is 468. The van der Waals surface area contributed by atoms with Gasteiger partial charge in [0.25, 0.3) is 0 Å². The Balaban J connectivity index is 0.00000312. The van der Waals surface area contributed by atoms with E-state index in [-0.39, 0.29) is 41.8 Å². The van der Waals surface area contributed by atoms with Gasteiger partial charge in [-0.05, 0) is 32.6 Å². The van der Waals surface area contributed by atoms with Crippen LogP contribution in [-0.2, 0) is 9.59 Å². The lowest BCUT2D eigenvalue weighted by molar-refractivity contribution is -0.129. The second kappa shape index (κ2) is 11.5. The summed E-state index contributed by atoms with van der Waals surface area (Å²) in [5.74, 6) is 1.12. The first-order valence-corrected chi connectivity index (χ1v) is 9.24. The monoisotopic (exact) mass is 465 g/mol. The van der Waals surface area contributed by atoms with Crippen LogP contribution in [0.3, 0.4) is 0 Å². The lowest BCUT2D eigenvalue weighted by Crippen LogP contribution is -2.45. The summed E-state index contributed by atoms with van der Waals surface area (Å²) in [6.07, 6.45) is 5.03. The second-order valence-corrected chi connectivity index (χ2v) is 6.53. The highest BCUT2D eigenvalue weighted by Crippen LogP contribution is 2.18. The fourth-order valence-corrected chi connectivity index (χ4v) is 2.80. The van der Waals surface area contributed by atoms with Crippen molar-refractivity contribution in [1.82, 2.24) is 20.9 Å². The maximum absolute atomic E-state index is 11.7. The van der Waals surface area contributed by atoms with Gasteiger partial charge in [-0.15, -0.1) is 24.0 Å². The van der Waals surface area contributed by atoms with Gasteiger partial charge in [0, 0.05) is 51.1 Å². The third kappa shape index (κ3) is 8.24. The highest BCUT2D eigenvalue weighted by atomic mass is 127. The van der Waals surface area contributed by atoms with Crippen molar-refractivity contribution in [2.24, 2.45) is 4.99 Å². The molecule has 2 fully saturated rings. The molecule has 1 unspecified atom stereocenters. The second-order valence-electron chi connectivity index (χ2n) is 6.53. The lowest BCUT2D eigenvalue weighted by Gasteiger charge is -2.18. The van der Waals surface area contributed by atoms with Gasteiger partial charge in [0.2, 0.25) is 11.8 Å². The van der Waals surface area contributed by atoms with Gasteiger partial charge in [-0.3, -0.25) is 14.6 Å². The van der Waals surface area contributed by atoms with E-state index in [1.165, 1.54) is 0 Å². The number of rotatable bonds is 8. The molecule has 0 aromatic heterocycles. The van der Waals surface area contributed by atoms with Crippen LogP contribution in [-0.4, -0.2) is 60.9 Å². The summed E-state index contributed by atoms with van der Waals surface area (Å²) in [5, 5.41) is 9.62. The third-order valence-corrected chi connectivity index (χ3v) is 4.30. The van der Waals surface area contributed by atoms with Crippen molar-refractivity contribution in [2.75, 3.05) is 26.2 Å². The van der Waals surface area contributed by atoms with E-state index in [9.17, 15) is 9.59 Å². The average Bonchev–Trinajstić information content (AvgIpc) is 3.26. The highest BCUT2D eigenvalue weighted by Gasteiger charge is 2.25. The predicted molar refractivity (Wildman–Crippen MR) is 110 cm³/mol. The molecule has 2 aliphatic rings. The molecule has 1 saturated heterocycles. The smallest absolute Gasteiger partial charge is 0.222 e. The van der Waals surface area contributed by atoms with Crippen LogP contribution in [0, 0.1) is 0 Å². The number of nitrogens with one attached hydrogen (secondary N) is 3. The molecule has 1 saturated carbocycles. The molecule has 3 N–H and O–H groups in total. The van der Waals surface area contributed by atoms with Crippen molar-refractivity contribution in [3.63, 3.8) is 0 Å². The van der Waals surface area contributed by atoms with Crippen molar-refractivity contribution in [3.8, 4) is 0 Å². The van der Waals surface area contributed by atoms with E-state index in [1.54, 1.807) is 0 Å². The Kier molecular flexibility index (Phi) is 10.1. The summed E-state index contributed by atoms with van der Waals surface area (Å²) in [7, 11) is 0. The van der Waals surface area contributed by atoms with Crippen LogP contribution in [0.2, 0.25) is 0 Å². The highest BCUT2D eigenvalue weighted by molar-refractivity contribution is 14.0. The summed E-state index contributed by atoms with van der Waals surface area (Å²) in [4.78, 5) is 29.8. The molecule has 8 heteroatoms. The number of carbonyl (C=O) groups is 2. The summed E-state index contributed by atoms with van der Waals surface area (Å²) < 4.78 is 0. The van der Waals surface area contributed by atoms with Crippen LogP contribution in [0.25, 0.3) is 0 Å². The number of guanidine groups is 1. The van der Waals surface area contributed by atoms with Gasteiger partial charge < -0.3 is 20.9 Å². The Morgan fingerprint density at radius 3 is 2.52 bits per heavy atom. The SMILES string of the molecule is CCNC(=NCCCC(=O)NC1CC1)NC1CCN(C(=O)CC)C1.I. The standard InChI is InChI=1S/C17H31N5O2.HI/c1-3-16(24)22-11-9-14(12-22)21-17(18-4-2)19-10-5-6-15(23)20-13-7-8-13;/h13-14H,3-12H2,1-2H3,(H,20,23)(H2,18,19,21);1H. The first kappa shape index (κ1) is 22.0. The number of amides is 2. The normalized spacial score (nSPS) is 20.0. The summed E-state index contributed by atoms with van der Waals surface area (Å²) in [6.45, 7) is 6.89. The summed E-state index contributed by atoms with van der Waals surface area (Å²) in [6, 6.07) is 0.674. The quantitative estimate of drug-likeness (QED) is 0.218. The van der Waals surface area contributed by atoms with Gasteiger partial charge in [0.05, 0.1) is 0 Å². The average molecular weight is 465 g/mol. The molecule has 1 heterocycles. The van der Waals surface area contributed by atoms with Crippen LogP contribution in [0.5, 0.6) is 0 Å². The minimum Gasteiger partial charge on any atom is -0.357 e. The number of carbonyl (C=O) groups excluding carboxylic acids is 2. The van der Waals surface area contributed by atoms with Gasteiger partial charge in [-0.25, -0.2) is 0 Å². The number of halogens is 1. The fraction of sp³-hybridized carbons (Fsp3) is 0.824. The van der Waals surface area contributed by atoms with E-state index >= 15 is 0 Å². The molecule has 1 atom stereocenters. The maximum Gasteiger partial charge on any atom is 0.222 e. The first-order valence-electron chi connectivity index (χ1n) is 9.24. The molecule has 0 radical (unpaired) electrons. The molecule has 0 aromatic carbocycles. The Morgan fingerprint density at radius 1 is 1.12 bits per heavy atom. The van der Waals surface area contributed by atoms with Crippen molar-refractivity contribution in [1.29, 1.82) is 0 Å². The third-order valence-electron chi connectivity index (χ3n) is 4.30. The van der Waals surface area contributed by atoms with E-state index in [2.05, 4.69) is 20.9 Å².